The largest absolute Gasteiger partial charge is 0.412 e. The molecule has 0 bridgehead atoms. The SMILES string of the molecule is Nc1ncnc2c1ncn2[13C@H]1[13CH2][13C@@H](O)[13C@@H](CO)O1.O. The van der Waals surface area contributed by atoms with E-state index in [0.717, 1.165) is 0 Å². The first kappa shape index (κ1) is 13.6. The molecule has 1 aliphatic rings. The van der Waals surface area contributed by atoms with Crippen LogP contribution < -0.4 is 5.73 Å². The number of hydrogen-bond donors (Lipinski definition) is 3. The average molecular weight is 273 g/mol. The van der Waals surface area contributed by atoms with Crippen molar-refractivity contribution in [2.75, 3.05) is 12.3 Å². The Morgan fingerprint density at radius 3 is 2.89 bits per heavy atom. The number of nitrogens with zero attached hydrogens (tertiary/aromatic N) is 4. The summed E-state index contributed by atoms with van der Waals surface area (Å²) in [6.45, 7) is -0.221. The maximum atomic E-state index is 9.71. The molecule has 3 atom stereocenters. The van der Waals surface area contributed by atoms with Crippen LogP contribution in [0.15, 0.2) is 12.7 Å². The smallest absolute Gasteiger partial charge is 0.167 e. The van der Waals surface area contributed by atoms with Crippen LogP contribution in [0.4, 0.5) is 5.82 Å². The van der Waals surface area contributed by atoms with E-state index >= 15 is 0 Å². The van der Waals surface area contributed by atoms with Crippen LogP contribution in [0.2, 0.25) is 0 Å². The van der Waals surface area contributed by atoms with Gasteiger partial charge in [0.05, 0.1) is 19.0 Å². The van der Waals surface area contributed by atoms with E-state index in [0.29, 0.717) is 23.4 Å². The standard InChI is InChI=1S/C10H13N5O3.H2O/c11-9-8-10(13-3-12-9)15(4-14-8)7-1-5(17)6(2-16)18-7;/h3-7,16-17H,1-2H2,(H2,11,12,13);1H2/t5-,6-,7-;/m1./s1/i1+1,5+1,6+1,7+1;. The third-order valence-electron chi connectivity index (χ3n) is 3.08. The Labute approximate surface area is 108 Å². The summed E-state index contributed by atoms with van der Waals surface area (Å²) in [6, 6.07) is 0. The highest BCUT2D eigenvalue weighted by atomic mass is 16.7. The van der Waals surface area contributed by atoms with Crippen LogP contribution in [0.1, 0.15) is 12.6 Å². The number of nitrogens with two attached hydrogens (primary N) is 1. The molecule has 0 saturated carbocycles. The first-order valence-corrected chi connectivity index (χ1v) is 5.58. The number of nitrogen functional groups attached to an aromatic ring is 1. The number of hydrogen-bond acceptors (Lipinski definition) is 7. The van der Waals surface area contributed by atoms with Gasteiger partial charge in [0.15, 0.2) is 11.5 Å². The molecule has 1 aliphatic heterocycles. The van der Waals surface area contributed by atoms with Gasteiger partial charge < -0.3 is 26.2 Å². The molecule has 1 saturated heterocycles. The second-order valence-electron chi connectivity index (χ2n) is 4.20. The van der Waals surface area contributed by atoms with Crippen LogP contribution in [0.5, 0.6) is 0 Å². The fourth-order valence-electron chi connectivity index (χ4n) is 2.13. The molecule has 0 aliphatic carbocycles. The average Bonchev–Trinajstić information content (AvgIpc) is 2.93. The van der Waals surface area contributed by atoms with Crippen molar-refractivity contribution in [3.8, 4) is 0 Å². The van der Waals surface area contributed by atoms with E-state index in [1.165, 1.54) is 6.33 Å². The monoisotopic (exact) mass is 273 g/mol. The Kier molecular flexibility index (Phi) is 3.62. The van der Waals surface area contributed by atoms with Crippen molar-refractivity contribution in [1.82, 2.24) is 19.5 Å². The lowest BCUT2D eigenvalue weighted by Crippen LogP contribution is -2.24. The predicted octanol–water partition coefficient (Wildman–Crippen LogP) is -1.78. The zero-order valence-electron chi connectivity index (χ0n) is 9.97. The van der Waals surface area contributed by atoms with Crippen molar-refractivity contribution >= 4 is 17.0 Å². The molecule has 3 rings (SSSR count). The van der Waals surface area contributed by atoms with Crippen molar-refractivity contribution in [3.63, 3.8) is 0 Å². The fraction of sp³-hybridized carbons (Fsp3) is 0.500. The van der Waals surface area contributed by atoms with Crippen LogP contribution in [-0.2, 0) is 4.74 Å². The van der Waals surface area contributed by atoms with E-state index < -0.39 is 18.4 Å². The Morgan fingerprint density at radius 2 is 2.21 bits per heavy atom. The summed E-state index contributed by atoms with van der Waals surface area (Å²) in [6.07, 6.45) is 1.60. The maximum absolute atomic E-state index is 9.71. The second-order valence-corrected chi connectivity index (χ2v) is 4.20. The summed E-state index contributed by atoms with van der Waals surface area (Å²) in [7, 11) is 0. The third kappa shape index (κ3) is 2.12. The van der Waals surface area contributed by atoms with Gasteiger partial charge in [-0.05, 0) is 0 Å². The molecule has 0 amide bonds. The highest BCUT2D eigenvalue weighted by Crippen LogP contribution is 2.30. The van der Waals surface area contributed by atoms with E-state index in [-0.39, 0.29) is 12.1 Å². The molecule has 0 aromatic carbocycles. The number of aliphatic hydroxyl groups is 2. The summed E-state index contributed by atoms with van der Waals surface area (Å²) in [4.78, 5) is 12.1. The molecule has 19 heavy (non-hydrogen) atoms. The number of imidazole rings is 1. The summed E-state index contributed by atoms with van der Waals surface area (Å²) in [5.74, 6) is 0.302. The van der Waals surface area contributed by atoms with Gasteiger partial charge in [0.2, 0.25) is 0 Å². The number of rotatable bonds is 2. The van der Waals surface area contributed by atoms with E-state index in [4.69, 9.17) is 15.6 Å². The zero-order chi connectivity index (χ0) is 12.7. The molecular formula is C10H15N5O4. The van der Waals surface area contributed by atoms with Gasteiger partial charge in [-0.3, -0.25) is 4.57 Å². The van der Waals surface area contributed by atoms with Crippen LogP contribution in [0, 0.1) is 0 Å². The van der Waals surface area contributed by atoms with Crippen molar-refractivity contribution in [1.29, 1.82) is 0 Å². The van der Waals surface area contributed by atoms with Crippen LogP contribution in [0.3, 0.4) is 0 Å². The highest BCUT2D eigenvalue weighted by Gasteiger charge is 2.35. The van der Waals surface area contributed by atoms with Gasteiger partial charge in [0, 0.05) is 6.42 Å². The number of fused-ring (bicyclic) bond motifs is 1. The molecule has 104 valence electrons. The summed E-state index contributed by atoms with van der Waals surface area (Å²) < 4.78 is 7.22. The quantitative estimate of drug-likeness (QED) is 0.547. The lowest BCUT2D eigenvalue weighted by atomic mass is 10.5. The Morgan fingerprint density at radius 1 is 1.42 bits per heavy atom. The Bertz CT molecular complexity index is 574. The van der Waals surface area contributed by atoms with E-state index in [2.05, 4.69) is 15.0 Å². The zero-order valence-corrected chi connectivity index (χ0v) is 9.97. The molecule has 6 N–H and O–H groups in total. The minimum absolute atomic E-state index is 0. The van der Waals surface area contributed by atoms with Gasteiger partial charge in [-0.25, -0.2) is 15.0 Å². The first-order chi connectivity index (χ1) is 8.70. The minimum atomic E-state index is -0.698. The van der Waals surface area contributed by atoms with E-state index in [9.17, 15) is 5.11 Å². The Hall–Kier alpha value is -1.81. The number of ether oxygens (including phenoxy) is 1. The lowest BCUT2D eigenvalue weighted by molar-refractivity contribution is -0.0432. The van der Waals surface area contributed by atoms with E-state index in [1.807, 2.05) is 0 Å². The molecule has 9 heteroatoms. The van der Waals surface area contributed by atoms with Crippen molar-refractivity contribution in [2.45, 2.75) is 24.9 Å². The summed E-state index contributed by atoms with van der Waals surface area (Å²) in [5, 5.41) is 18.8. The lowest BCUT2D eigenvalue weighted by Gasteiger charge is -2.13. The molecule has 0 spiro atoms. The molecule has 9 nitrogen and oxygen atoms in total. The second kappa shape index (κ2) is 5.05. The highest BCUT2D eigenvalue weighted by molar-refractivity contribution is 5.81. The van der Waals surface area contributed by atoms with E-state index in [1.54, 1.807) is 10.9 Å². The minimum Gasteiger partial charge on any atom is -0.412 e. The third-order valence-corrected chi connectivity index (χ3v) is 3.08. The van der Waals surface area contributed by atoms with Crippen LogP contribution >= 0.6 is 0 Å². The molecule has 0 radical (unpaired) electrons. The van der Waals surface area contributed by atoms with Gasteiger partial charge in [-0.1, -0.05) is 0 Å². The molecule has 1 fully saturated rings. The normalized spacial score (nSPS) is 26.5. The van der Waals surface area contributed by atoms with Crippen molar-refractivity contribution < 1.29 is 20.4 Å². The molecule has 2 aromatic heterocycles. The van der Waals surface area contributed by atoms with Crippen LogP contribution in [0.25, 0.3) is 11.2 Å². The number of anilines is 1. The molecule has 2 aromatic rings. The van der Waals surface area contributed by atoms with Crippen LogP contribution in [-0.4, -0.2) is 54.0 Å². The van der Waals surface area contributed by atoms with Gasteiger partial charge in [0.1, 0.15) is 24.2 Å². The fourth-order valence-corrected chi connectivity index (χ4v) is 2.13. The number of aromatic nitrogens is 4. The van der Waals surface area contributed by atoms with Gasteiger partial charge >= 0.3 is 0 Å². The molecular weight excluding hydrogens is 258 g/mol. The van der Waals surface area contributed by atoms with Gasteiger partial charge in [0.25, 0.3) is 0 Å². The van der Waals surface area contributed by atoms with Gasteiger partial charge in [-0.2, -0.15) is 0 Å². The molecule has 3 heterocycles. The first-order valence-electron chi connectivity index (χ1n) is 5.58. The van der Waals surface area contributed by atoms with Gasteiger partial charge in [-0.15, -0.1) is 0 Å². The topological polar surface area (TPSA) is 151 Å². The Balaban J connectivity index is 0.00000133. The molecule has 0 unspecified atom stereocenters. The van der Waals surface area contributed by atoms with Crippen molar-refractivity contribution in [2.24, 2.45) is 0 Å². The summed E-state index contributed by atoms with van der Waals surface area (Å²) in [5.41, 5.74) is 6.75. The van der Waals surface area contributed by atoms with Crippen molar-refractivity contribution in [3.05, 3.63) is 12.7 Å². The summed E-state index contributed by atoms with van der Waals surface area (Å²) >= 11 is 0. The predicted molar refractivity (Wildman–Crippen MR) is 65.0 cm³/mol. The number of aliphatic hydroxyl groups excluding tert-OH is 2. The maximum Gasteiger partial charge on any atom is 0.167 e.